The van der Waals surface area contributed by atoms with Gasteiger partial charge in [0, 0.05) is 7.11 Å². The van der Waals surface area contributed by atoms with Crippen molar-refractivity contribution in [3.05, 3.63) is 42.2 Å². The summed E-state index contributed by atoms with van der Waals surface area (Å²) in [6, 6.07) is 9.78. The molecule has 5 heteroatoms. The molecule has 0 spiro atoms. The van der Waals surface area contributed by atoms with E-state index in [1.807, 2.05) is 30.3 Å². The van der Waals surface area contributed by atoms with Gasteiger partial charge in [0.1, 0.15) is 5.60 Å². The first-order valence-electron chi connectivity index (χ1n) is 6.95. The summed E-state index contributed by atoms with van der Waals surface area (Å²) in [4.78, 5) is 0. The molecule has 0 bridgehead atoms. The first-order valence-corrected chi connectivity index (χ1v) is 6.95. The van der Waals surface area contributed by atoms with Crippen molar-refractivity contribution in [1.29, 1.82) is 0 Å². The SMILES string of the molecule is COC1CCC(O)(c2cnnn2-c2ccccc2)CC1. The number of hydrogen-bond donors (Lipinski definition) is 1. The van der Waals surface area contributed by atoms with Gasteiger partial charge in [-0.25, -0.2) is 4.68 Å². The van der Waals surface area contributed by atoms with Crippen molar-refractivity contribution in [1.82, 2.24) is 15.0 Å². The number of hydrogen-bond acceptors (Lipinski definition) is 4. The highest BCUT2D eigenvalue weighted by Gasteiger charge is 2.38. The van der Waals surface area contributed by atoms with E-state index < -0.39 is 5.60 Å². The van der Waals surface area contributed by atoms with Gasteiger partial charge in [0.25, 0.3) is 0 Å². The molecule has 1 aliphatic rings. The molecule has 0 saturated heterocycles. The molecule has 0 unspecified atom stereocenters. The van der Waals surface area contributed by atoms with Crippen LogP contribution in [0.3, 0.4) is 0 Å². The Morgan fingerprint density at radius 2 is 1.95 bits per heavy atom. The number of para-hydroxylation sites is 1. The average molecular weight is 273 g/mol. The molecule has 1 aromatic carbocycles. The third kappa shape index (κ3) is 2.34. The second kappa shape index (κ2) is 5.34. The van der Waals surface area contributed by atoms with Crippen LogP contribution in [0.1, 0.15) is 31.4 Å². The molecule has 0 radical (unpaired) electrons. The van der Waals surface area contributed by atoms with E-state index in [9.17, 15) is 5.11 Å². The third-order valence-corrected chi connectivity index (χ3v) is 4.12. The maximum absolute atomic E-state index is 10.9. The maximum Gasteiger partial charge on any atom is 0.108 e. The fraction of sp³-hybridized carbons (Fsp3) is 0.467. The third-order valence-electron chi connectivity index (χ3n) is 4.12. The molecule has 1 heterocycles. The summed E-state index contributed by atoms with van der Waals surface area (Å²) < 4.78 is 7.10. The van der Waals surface area contributed by atoms with Crippen LogP contribution >= 0.6 is 0 Å². The zero-order valence-corrected chi connectivity index (χ0v) is 11.6. The zero-order chi connectivity index (χ0) is 14.0. The summed E-state index contributed by atoms with van der Waals surface area (Å²) in [6.07, 6.45) is 4.97. The number of rotatable bonds is 3. The minimum atomic E-state index is -0.867. The van der Waals surface area contributed by atoms with Crippen LogP contribution in [0.5, 0.6) is 0 Å². The van der Waals surface area contributed by atoms with E-state index >= 15 is 0 Å². The molecule has 3 rings (SSSR count). The molecule has 1 aromatic heterocycles. The maximum atomic E-state index is 10.9. The highest BCUT2D eigenvalue weighted by atomic mass is 16.5. The van der Waals surface area contributed by atoms with Crippen molar-refractivity contribution >= 4 is 0 Å². The Morgan fingerprint density at radius 1 is 1.25 bits per heavy atom. The quantitative estimate of drug-likeness (QED) is 0.929. The van der Waals surface area contributed by atoms with Crippen LogP contribution in [0.15, 0.2) is 36.5 Å². The zero-order valence-electron chi connectivity index (χ0n) is 11.6. The van der Waals surface area contributed by atoms with Crippen molar-refractivity contribution in [2.45, 2.75) is 37.4 Å². The molecule has 1 fully saturated rings. The molecular weight excluding hydrogens is 254 g/mol. The fourth-order valence-electron chi connectivity index (χ4n) is 2.87. The van der Waals surface area contributed by atoms with Crippen LogP contribution in [0, 0.1) is 0 Å². The lowest BCUT2D eigenvalue weighted by Crippen LogP contribution is -2.35. The van der Waals surface area contributed by atoms with Gasteiger partial charge < -0.3 is 9.84 Å². The summed E-state index contributed by atoms with van der Waals surface area (Å²) in [6.45, 7) is 0. The molecule has 1 saturated carbocycles. The van der Waals surface area contributed by atoms with E-state index in [1.165, 1.54) is 0 Å². The molecule has 1 aliphatic carbocycles. The van der Waals surface area contributed by atoms with Gasteiger partial charge in [-0.3, -0.25) is 0 Å². The Labute approximate surface area is 118 Å². The molecule has 0 atom stereocenters. The van der Waals surface area contributed by atoms with Crippen LogP contribution < -0.4 is 0 Å². The lowest BCUT2D eigenvalue weighted by molar-refractivity contribution is -0.0514. The van der Waals surface area contributed by atoms with Gasteiger partial charge in [0.15, 0.2) is 0 Å². The van der Waals surface area contributed by atoms with Crippen LogP contribution in [-0.2, 0) is 10.3 Å². The fourth-order valence-corrected chi connectivity index (χ4v) is 2.87. The minimum absolute atomic E-state index is 0.247. The van der Waals surface area contributed by atoms with Gasteiger partial charge in [-0.2, -0.15) is 0 Å². The second-order valence-corrected chi connectivity index (χ2v) is 5.33. The highest BCUT2D eigenvalue weighted by molar-refractivity contribution is 5.33. The Morgan fingerprint density at radius 3 is 2.60 bits per heavy atom. The number of ether oxygens (including phenoxy) is 1. The number of aliphatic hydroxyl groups is 1. The lowest BCUT2D eigenvalue weighted by atomic mass is 9.81. The van der Waals surface area contributed by atoms with E-state index in [-0.39, 0.29) is 6.10 Å². The number of nitrogens with zero attached hydrogens (tertiary/aromatic N) is 3. The summed E-state index contributed by atoms with van der Waals surface area (Å²) in [7, 11) is 1.73. The summed E-state index contributed by atoms with van der Waals surface area (Å²) in [5.41, 5.74) is 0.814. The normalized spacial score (nSPS) is 26.6. The van der Waals surface area contributed by atoms with Gasteiger partial charge in [0.05, 0.1) is 23.7 Å². The van der Waals surface area contributed by atoms with Crippen molar-refractivity contribution < 1.29 is 9.84 Å². The van der Waals surface area contributed by atoms with E-state index in [1.54, 1.807) is 18.0 Å². The van der Waals surface area contributed by atoms with Crippen molar-refractivity contribution in [3.8, 4) is 5.69 Å². The van der Waals surface area contributed by atoms with E-state index in [2.05, 4.69) is 10.3 Å². The molecule has 2 aromatic rings. The largest absolute Gasteiger partial charge is 0.383 e. The average Bonchev–Trinajstić information content (AvgIpc) is 2.99. The van der Waals surface area contributed by atoms with E-state index in [4.69, 9.17) is 4.74 Å². The van der Waals surface area contributed by atoms with Crippen LogP contribution in [0.4, 0.5) is 0 Å². The Hall–Kier alpha value is -1.72. The van der Waals surface area contributed by atoms with Gasteiger partial charge >= 0.3 is 0 Å². The summed E-state index contributed by atoms with van der Waals surface area (Å²) >= 11 is 0. The van der Waals surface area contributed by atoms with Gasteiger partial charge in [-0.05, 0) is 37.8 Å². The molecule has 0 aliphatic heterocycles. The molecular formula is C15H19N3O2. The van der Waals surface area contributed by atoms with Crippen LogP contribution in [0.25, 0.3) is 5.69 Å². The van der Waals surface area contributed by atoms with E-state index in [0.717, 1.165) is 24.2 Å². The van der Waals surface area contributed by atoms with Crippen molar-refractivity contribution in [2.24, 2.45) is 0 Å². The summed E-state index contributed by atoms with van der Waals surface area (Å²) in [5.74, 6) is 0. The lowest BCUT2D eigenvalue weighted by Gasteiger charge is -2.35. The minimum Gasteiger partial charge on any atom is -0.383 e. The number of benzene rings is 1. The predicted octanol–water partition coefficient (Wildman–Crippen LogP) is 2.04. The van der Waals surface area contributed by atoms with Gasteiger partial charge in [0.2, 0.25) is 0 Å². The molecule has 106 valence electrons. The highest BCUT2D eigenvalue weighted by Crippen LogP contribution is 2.38. The van der Waals surface area contributed by atoms with Crippen LogP contribution in [-0.4, -0.2) is 33.3 Å². The first kappa shape index (κ1) is 13.3. The van der Waals surface area contributed by atoms with Crippen molar-refractivity contribution in [2.75, 3.05) is 7.11 Å². The number of methoxy groups -OCH3 is 1. The number of aromatic nitrogens is 3. The van der Waals surface area contributed by atoms with Gasteiger partial charge in [-0.15, -0.1) is 5.10 Å². The van der Waals surface area contributed by atoms with E-state index in [0.29, 0.717) is 12.8 Å². The molecule has 0 amide bonds. The Balaban J connectivity index is 1.90. The molecule has 5 nitrogen and oxygen atoms in total. The summed E-state index contributed by atoms with van der Waals surface area (Å²) in [5, 5.41) is 19.0. The second-order valence-electron chi connectivity index (χ2n) is 5.33. The predicted molar refractivity (Wildman–Crippen MR) is 74.5 cm³/mol. The first-order chi connectivity index (χ1) is 9.73. The van der Waals surface area contributed by atoms with Crippen molar-refractivity contribution in [3.63, 3.8) is 0 Å². The monoisotopic (exact) mass is 273 g/mol. The van der Waals surface area contributed by atoms with Crippen LogP contribution in [0.2, 0.25) is 0 Å². The van der Waals surface area contributed by atoms with Gasteiger partial charge in [-0.1, -0.05) is 23.4 Å². The Bertz CT molecular complexity index is 560. The molecule has 1 N–H and O–H groups in total. The topological polar surface area (TPSA) is 60.2 Å². The molecule has 20 heavy (non-hydrogen) atoms. The smallest absolute Gasteiger partial charge is 0.108 e. The standard InChI is InChI=1S/C15H19N3O2/c1-20-13-7-9-15(19,10-8-13)14-11-16-17-18(14)12-5-3-2-4-6-12/h2-6,11,13,19H,7-10H2,1H3. The Kier molecular flexibility index (Phi) is 3.54.